The third-order valence-electron chi connectivity index (χ3n) is 4.33. The highest BCUT2D eigenvalue weighted by Crippen LogP contribution is 2.34. The van der Waals surface area contributed by atoms with Crippen molar-refractivity contribution in [2.45, 2.75) is 24.2 Å². The van der Waals surface area contributed by atoms with E-state index in [0.717, 1.165) is 18.9 Å². The number of benzene rings is 1. The minimum Gasteiger partial charge on any atom is -0.454 e. The molecule has 1 aromatic carbocycles. The van der Waals surface area contributed by atoms with Crippen LogP contribution in [0.5, 0.6) is 11.5 Å². The van der Waals surface area contributed by atoms with Crippen molar-refractivity contribution in [1.82, 2.24) is 4.98 Å². The Morgan fingerprint density at radius 2 is 1.80 bits per heavy atom. The fraction of sp³-hybridized carbons (Fsp3) is 0.353. The summed E-state index contributed by atoms with van der Waals surface area (Å²) in [5.74, 6) is 1.86. The Labute approximate surface area is 146 Å². The number of rotatable bonds is 4. The van der Waals surface area contributed by atoms with Crippen molar-refractivity contribution >= 4 is 21.5 Å². The number of hydrogen-bond donors (Lipinski definition) is 1. The molecule has 0 bridgehead atoms. The molecule has 0 spiro atoms. The van der Waals surface area contributed by atoms with Gasteiger partial charge in [-0.25, -0.2) is 13.4 Å². The second-order valence-electron chi connectivity index (χ2n) is 6.07. The van der Waals surface area contributed by atoms with Crippen molar-refractivity contribution in [1.29, 1.82) is 0 Å². The number of pyridine rings is 1. The number of piperidine rings is 1. The lowest BCUT2D eigenvalue weighted by atomic mass is 10.1. The highest BCUT2D eigenvalue weighted by atomic mass is 32.2. The molecule has 0 atom stereocenters. The number of nitrogens with one attached hydrogen (secondary N) is 1. The number of ether oxygens (including phenoxy) is 2. The van der Waals surface area contributed by atoms with Crippen molar-refractivity contribution in [3.8, 4) is 11.5 Å². The van der Waals surface area contributed by atoms with E-state index in [-0.39, 0.29) is 11.7 Å². The number of hydrogen-bond acceptors (Lipinski definition) is 6. The Kier molecular flexibility index (Phi) is 4.12. The molecule has 25 heavy (non-hydrogen) atoms. The number of aromatic nitrogens is 1. The first-order chi connectivity index (χ1) is 12.1. The van der Waals surface area contributed by atoms with Crippen LogP contribution in [-0.2, 0) is 10.0 Å². The van der Waals surface area contributed by atoms with Crippen LogP contribution in [0, 0.1) is 0 Å². The Morgan fingerprint density at radius 1 is 1.00 bits per heavy atom. The van der Waals surface area contributed by atoms with Crippen molar-refractivity contribution < 1.29 is 17.9 Å². The Bertz CT molecular complexity index is 862. The molecule has 1 N–H and O–H groups in total. The fourth-order valence-electron chi connectivity index (χ4n) is 3.01. The highest BCUT2D eigenvalue weighted by molar-refractivity contribution is 7.92. The van der Waals surface area contributed by atoms with Gasteiger partial charge in [0, 0.05) is 19.2 Å². The fourth-order valence-corrected chi connectivity index (χ4v) is 4.07. The molecule has 1 fully saturated rings. The van der Waals surface area contributed by atoms with Crippen LogP contribution in [0.1, 0.15) is 19.3 Å². The van der Waals surface area contributed by atoms with Gasteiger partial charge in [0.2, 0.25) is 6.79 Å². The van der Waals surface area contributed by atoms with Gasteiger partial charge >= 0.3 is 0 Å². The summed E-state index contributed by atoms with van der Waals surface area (Å²) in [6.45, 7) is 2.10. The molecule has 8 heteroatoms. The lowest BCUT2D eigenvalue weighted by molar-refractivity contribution is 0.174. The van der Waals surface area contributed by atoms with Gasteiger partial charge in [0.1, 0.15) is 5.82 Å². The molecule has 1 aromatic heterocycles. The van der Waals surface area contributed by atoms with Crippen LogP contribution >= 0.6 is 0 Å². The zero-order chi connectivity index (χ0) is 17.3. The van der Waals surface area contributed by atoms with Crippen LogP contribution < -0.4 is 19.1 Å². The maximum atomic E-state index is 12.5. The maximum Gasteiger partial charge on any atom is 0.262 e. The van der Waals surface area contributed by atoms with Crippen LogP contribution in [-0.4, -0.2) is 33.3 Å². The van der Waals surface area contributed by atoms with Gasteiger partial charge in [-0.15, -0.1) is 0 Å². The van der Waals surface area contributed by atoms with Crippen LogP contribution in [0.15, 0.2) is 41.4 Å². The predicted octanol–water partition coefficient (Wildman–Crippen LogP) is 2.60. The standard InChI is InChI=1S/C17H19N3O4S/c21-25(22,14-5-6-15-16(10-14)24-12-23-15)19-13-4-7-17(18-11-13)20-8-2-1-3-9-20/h4-7,10-11,19H,1-3,8-9,12H2. The minimum atomic E-state index is -3.71. The largest absolute Gasteiger partial charge is 0.454 e. The summed E-state index contributed by atoms with van der Waals surface area (Å²) in [5.41, 5.74) is 0.429. The Balaban J connectivity index is 1.50. The minimum absolute atomic E-state index is 0.105. The van der Waals surface area contributed by atoms with Gasteiger partial charge in [-0.05, 0) is 43.5 Å². The molecular formula is C17H19N3O4S. The first-order valence-corrected chi connectivity index (χ1v) is 9.74. The van der Waals surface area contributed by atoms with Gasteiger partial charge in [0.15, 0.2) is 11.5 Å². The zero-order valence-electron chi connectivity index (χ0n) is 13.6. The molecule has 0 saturated carbocycles. The van der Waals surface area contributed by atoms with Crippen LogP contribution in [0.2, 0.25) is 0 Å². The van der Waals surface area contributed by atoms with Gasteiger partial charge in [-0.2, -0.15) is 0 Å². The summed E-state index contributed by atoms with van der Waals surface area (Å²) in [6.07, 6.45) is 5.14. The zero-order valence-corrected chi connectivity index (χ0v) is 14.5. The number of anilines is 2. The smallest absolute Gasteiger partial charge is 0.262 e. The van der Waals surface area contributed by atoms with Gasteiger partial charge in [-0.1, -0.05) is 0 Å². The third-order valence-corrected chi connectivity index (χ3v) is 5.71. The summed E-state index contributed by atoms with van der Waals surface area (Å²) >= 11 is 0. The van der Waals surface area contributed by atoms with Gasteiger partial charge in [0.25, 0.3) is 10.0 Å². The van der Waals surface area contributed by atoms with Crippen LogP contribution in [0.25, 0.3) is 0 Å². The summed E-state index contributed by atoms with van der Waals surface area (Å²) in [5, 5.41) is 0. The molecule has 7 nitrogen and oxygen atoms in total. The van der Waals surface area contributed by atoms with E-state index in [0.29, 0.717) is 17.2 Å². The van der Waals surface area contributed by atoms with Gasteiger partial charge in [-0.3, -0.25) is 4.72 Å². The molecule has 4 rings (SSSR count). The van der Waals surface area contributed by atoms with E-state index in [1.807, 2.05) is 6.07 Å². The third kappa shape index (κ3) is 3.34. The maximum absolute atomic E-state index is 12.5. The normalized spacial score (nSPS) is 16.7. The molecule has 3 heterocycles. The molecule has 0 aliphatic carbocycles. The molecule has 2 aliphatic heterocycles. The number of sulfonamides is 1. The Morgan fingerprint density at radius 3 is 2.56 bits per heavy atom. The number of fused-ring (bicyclic) bond motifs is 1. The molecule has 2 aromatic rings. The summed E-state index contributed by atoms with van der Waals surface area (Å²) in [7, 11) is -3.71. The summed E-state index contributed by atoms with van der Waals surface area (Å²) < 4.78 is 38.1. The second-order valence-corrected chi connectivity index (χ2v) is 7.76. The van der Waals surface area contributed by atoms with Crippen molar-refractivity contribution in [2.75, 3.05) is 29.5 Å². The summed E-state index contributed by atoms with van der Waals surface area (Å²) in [4.78, 5) is 6.74. The van der Waals surface area contributed by atoms with E-state index in [1.54, 1.807) is 18.3 Å². The van der Waals surface area contributed by atoms with Crippen LogP contribution in [0.4, 0.5) is 11.5 Å². The van der Waals surface area contributed by atoms with Crippen molar-refractivity contribution in [2.24, 2.45) is 0 Å². The lowest BCUT2D eigenvalue weighted by Crippen LogP contribution is -2.30. The number of nitrogens with zero attached hydrogens (tertiary/aromatic N) is 2. The van der Waals surface area contributed by atoms with E-state index in [4.69, 9.17) is 9.47 Å². The second kappa shape index (κ2) is 6.44. The van der Waals surface area contributed by atoms with E-state index >= 15 is 0 Å². The SMILES string of the molecule is O=S(=O)(Nc1ccc(N2CCCCC2)nc1)c1ccc2c(c1)OCO2. The van der Waals surface area contributed by atoms with E-state index in [2.05, 4.69) is 14.6 Å². The quantitative estimate of drug-likeness (QED) is 0.902. The summed E-state index contributed by atoms with van der Waals surface area (Å²) in [6, 6.07) is 8.13. The molecule has 0 unspecified atom stereocenters. The molecule has 0 radical (unpaired) electrons. The van der Waals surface area contributed by atoms with Gasteiger partial charge < -0.3 is 14.4 Å². The first-order valence-electron chi connectivity index (χ1n) is 8.25. The average Bonchev–Trinajstić information content (AvgIpc) is 3.10. The van der Waals surface area contributed by atoms with E-state index < -0.39 is 10.0 Å². The van der Waals surface area contributed by atoms with E-state index in [1.165, 1.54) is 31.4 Å². The van der Waals surface area contributed by atoms with Crippen molar-refractivity contribution in [3.63, 3.8) is 0 Å². The van der Waals surface area contributed by atoms with Crippen molar-refractivity contribution in [3.05, 3.63) is 36.5 Å². The molecule has 2 aliphatic rings. The van der Waals surface area contributed by atoms with Gasteiger partial charge in [0.05, 0.1) is 16.8 Å². The molecule has 0 amide bonds. The molecular weight excluding hydrogens is 342 g/mol. The average molecular weight is 361 g/mol. The highest BCUT2D eigenvalue weighted by Gasteiger charge is 2.20. The van der Waals surface area contributed by atoms with E-state index in [9.17, 15) is 8.42 Å². The first kappa shape index (κ1) is 16.0. The molecule has 132 valence electrons. The van der Waals surface area contributed by atoms with Crippen LogP contribution in [0.3, 0.4) is 0 Å². The predicted molar refractivity (Wildman–Crippen MR) is 93.7 cm³/mol. The topological polar surface area (TPSA) is 80.8 Å². The lowest BCUT2D eigenvalue weighted by Gasteiger charge is -2.27. The Hall–Kier alpha value is -2.48. The molecule has 1 saturated heterocycles. The monoisotopic (exact) mass is 361 g/mol.